The predicted octanol–water partition coefficient (Wildman–Crippen LogP) is 3.73. The molecule has 1 aromatic heterocycles. The first-order valence-electron chi connectivity index (χ1n) is 10.4. The van der Waals surface area contributed by atoms with Crippen LogP contribution in [0.5, 0.6) is 0 Å². The fourth-order valence-corrected chi connectivity index (χ4v) is 3.57. The topological polar surface area (TPSA) is 100 Å². The smallest absolute Gasteiger partial charge is 0.320 e. The summed E-state index contributed by atoms with van der Waals surface area (Å²) < 4.78 is 1.59. The normalized spacial score (nSPS) is 20.5. The van der Waals surface area contributed by atoms with E-state index in [4.69, 9.17) is 11.6 Å². The van der Waals surface area contributed by atoms with Gasteiger partial charge in [0.05, 0.1) is 11.6 Å². The zero-order chi connectivity index (χ0) is 22.7. The first kappa shape index (κ1) is 21.9. The van der Waals surface area contributed by atoms with E-state index in [1.807, 2.05) is 56.3 Å². The molecule has 4 rings (SSSR count). The molecular formula is C23H25ClN6O2. The van der Waals surface area contributed by atoms with E-state index in [-0.39, 0.29) is 23.9 Å². The molecule has 2 aromatic carbocycles. The Bertz CT molecular complexity index is 1100. The van der Waals surface area contributed by atoms with Gasteiger partial charge in [-0.2, -0.15) is 5.10 Å². The van der Waals surface area contributed by atoms with Crippen LogP contribution in [-0.2, 0) is 11.3 Å². The lowest BCUT2D eigenvalue weighted by atomic mass is 10.0. The van der Waals surface area contributed by atoms with E-state index in [1.165, 1.54) is 0 Å². The highest BCUT2D eigenvalue weighted by Crippen LogP contribution is 2.25. The van der Waals surface area contributed by atoms with Crippen LogP contribution < -0.4 is 21.3 Å². The second-order valence-corrected chi connectivity index (χ2v) is 8.25. The predicted molar refractivity (Wildman–Crippen MR) is 124 cm³/mol. The molecule has 3 atom stereocenters. The van der Waals surface area contributed by atoms with Crippen LogP contribution >= 0.6 is 11.6 Å². The molecule has 9 heteroatoms. The van der Waals surface area contributed by atoms with E-state index >= 15 is 0 Å². The van der Waals surface area contributed by atoms with E-state index in [2.05, 4.69) is 26.4 Å². The number of carbonyl (C=O) groups excluding carboxylic acids is 2. The number of nitrogens with one attached hydrogen (secondary N) is 4. The van der Waals surface area contributed by atoms with Crippen LogP contribution in [0.3, 0.4) is 0 Å². The molecule has 0 saturated carbocycles. The van der Waals surface area contributed by atoms with Gasteiger partial charge in [0.25, 0.3) is 0 Å². The Morgan fingerprint density at radius 3 is 2.53 bits per heavy atom. The van der Waals surface area contributed by atoms with Gasteiger partial charge >= 0.3 is 6.03 Å². The number of benzene rings is 2. The number of halogens is 1. The minimum atomic E-state index is -0.585. The number of hydrogen-bond donors (Lipinski definition) is 4. The van der Waals surface area contributed by atoms with Crippen LogP contribution in [0.25, 0.3) is 11.3 Å². The van der Waals surface area contributed by atoms with Gasteiger partial charge in [-0.25, -0.2) is 9.48 Å². The summed E-state index contributed by atoms with van der Waals surface area (Å²) in [6.45, 7) is 4.16. The molecule has 0 bridgehead atoms. The van der Waals surface area contributed by atoms with Gasteiger partial charge in [-0.05, 0) is 24.6 Å². The number of aromatic nitrogens is 2. The molecule has 0 spiro atoms. The lowest BCUT2D eigenvalue weighted by Gasteiger charge is -2.34. The van der Waals surface area contributed by atoms with Crippen LogP contribution in [-0.4, -0.2) is 27.8 Å². The highest BCUT2D eigenvalue weighted by atomic mass is 35.5. The third kappa shape index (κ3) is 4.92. The molecule has 1 aliphatic rings. The standard InChI is InChI=1S/C23H25ClN6O2/c1-14-15(2)26-22(28-21(14)31)30-20(12-19(29-30)17-6-4-3-5-7-17)27-23(32)25-13-16-8-10-18(24)11-9-16/h3-12,14-15,22,26H,13H2,1-2H3,(H,28,31)(H2,25,27,32). The summed E-state index contributed by atoms with van der Waals surface area (Å²) >= 11 is 5.91. The van der Waals surface area contributed by atoms with Crippen LogP contribution in [0.2, 0.25) is 5.02 Å². The maximum atomic E-state index is 12.6. The monoisotopic (exact) mass is 452 g/mol. The number of rotatable bonds is 5. The minimum absolute atomic E-state index is 0.0512. The minimum Gasteiger partial charge on any atom is -0.334 e. The molecule has 0 aliphatic carbocycles. The highest BCUT2D eigenvalue weighted by molar-refractivity contribution is 6.30. The average molecular weight is 453 g/mol. The Hall–Kier alpha value is -3.36. The number of amides is 3. The number of carbonyl (C=O) groups is 2. The van der Waals surface area contributed by atoms with Crippen LogP contribution in [0, 0.1) is 5.92 Å². The molecular weight excluding hydrogens is 428 g/mol. The van der Waals surface area contributed by atoms with Crippen LogP contribution in [0.1, 0.15) is 25.7 Å². The third-order valence-corrected chi connectivity index (χ3v) is 5.77. The molecule has 1 saturated heterocycles. The van der Waals surface area contributed by atoms with Crippen molar-refractivity contribution in [2.24, 2.45) is 5.92 Å². The van der Waals surface area contributed by atoms with Gasteiger partial charge in [0.1, 0.15) is 5.82 Å². The molecule has 1 aliphatic heterocycles. The van der Waals surface area contributed by atoms with Crippen molar-refractivity contribution in [3.8, 4) is 11.3 Å². The van der Waals surface area contributed by atoms with Crippen LogP contribution in [0.15, 0.2) is 60.7 Å². The molecule has 2 heterocycles. The largest absolute Gasteiger partial charge is 0.334 e. The van der Waals surface area contributed by atoms with Crippen molar-refractivity contribution in [1.29, 1.82) is 0 Å². The maximum absolute atomic E-state index is 12.6. The van der Waals surface area contributed by atoms with E-state index in [0.717, 1.165) is 11.1 Å². The zero-order valence-corrected chi connectivity index (χ0v) is 18.6. The summed E-state index contributed by atoms with van der Waals surface area (Å²) in [6.07, 6.45) is -0.585. The molecule has 1 fully saturated rings. The first-order valence-corrected chi connectivity index (χ1v) is 10.8. The second kappa shape index (κ2) is 9.42. The quantitative estimate of drug-likeness (QED) is 0.474. The van der Waals surface area contributed by atoms with Crippen molar-refractivity contribution in [3.05, 3.63) is 71.2 Å². The summed E-state index contributed by atoms with van der Waals surface area (Å²) in [6, 6.07) is 18.2. The van der Waals surface area contributed by atoms with E-state index in [1.54, 1.807) is 22.9 Å². The van der Waals surface area contributed by atoms with E-state index in [9.17, 15) is 9.59 Å². The average Bonchev–Trinajstić information content (AvgIpc) is 3.21. The van der Waals surface area contributed by atoms with E-state index < -0.39 is 6.29 Å². The lowest BCUT2D eigenvalue weighted by Crippen LogP contribution is -2.57. The fourth-order valence-electron chi connectivity index (χ4n) is 3.44. The van der Waals surface area contributed by atoms with Crippen LogP contribution in [0.4, 0.5) is 10.6 Å². The Balaban J connectivity index is 1.55. The van der Waals surface area contributed by atoms with Crippen molar-refractivity contribution >= 4 is 29.4 Å². The number of nitrogens with zero attached hydrogens (tertiary/aromatic N) is 2. The van der Waals surface area contributed by atoms with Gasteiger partial charge in [0, 0.05) is 29.2 Å². The van der Waals surface area contributed by atoms with Gasteiger partial charge < -0.3 is 10.6 Å². The van der Waals surface area contributed by atoms with Gasteiger partial charge in [-0.3, -0.25) is 15.4 Å². The van der Waals surface area contributed by atoms with Crippen molar-refractivity contribution < 1.29 is 9.59 Å². The summed E-state index contributed by atoms with van der Waals surface area (Å²) in [7, 11) is 0. The van der Waals surface area contributed by atoms with Gasteiger partial charge in [-0.15, -0.1) is 0 Å². The first-order chi connectivity index (χ1) is 15.4. The SMILES string of the molecule is CC1NC(n2nc(-c3ccccc3)cc2NC(=O)NCc2ccc(Cl)cc2)NC(=O)C1C. The van der Waals surface area contributed by atoms with Crippen molar-refractivity contribution in [3.63, 3.8) is 0 Å². The molecule has 8 nitrogen and oxygen atoms in total. The summed E-state index contributed by atoms with van der Waals surface area (Å²) in [4.78, 5) is 25.0. The van der Waals surface area contributed by atoms with Gasteiger partial charge in [-0.1, -0.05) is 61.0 Å². The van der Waals surface area contributed by atoms with Crippen molar-refractivity contribution in [2.75, 3.05) is 5.32 Å². The Kier molecular flexibility index (Phi) is 6.43. The van der Waals surface area contributed by atoms with Crippen molar-refractivity contribution in [2.45, 2.75) is 32.7 Å². The van der Waals surface area contributed by atoms with Crippen molar-refractivity contribution in [1.82, 2.24) is 25.7 Å². The Morgan fingerprint density at radius 2 is 1.84 bits per heavy atom. The molecule has 3 unspecified atom stereocenters. The molecule has 3 aromatic rings. The molecule has 32 heavy (non-hydrogen) atoms. The summed E-state index contributed by atoms with van der Waals surface area (Å²) in [5.74, 6) is 0.211. The number of hydrogen-bond acceptors (Lipinski definition) is 4. The Labute approximate surface area is 191 Å². The molecule has 166 valence electrons. The Morgan fingerprint density at radius 1 is 1.12 bits per heavy atom. The van der Waals surface area contributed by atoms with Gasteiger partial charge in [0.2, 0.25) is 5.91 Å². The third-order valence-electron chi connectivity index (χ3n) is 5.52. The zero-order valence-electron chi connectivity index (χ0n) is 17.8. The molecule has 3 amide bonds. The fraction of sp³-hybridized carbons (Fsp3) is 0.261. The highest BCUT2D eigenvalue weighted by Gasteiger charge is 2.32. The second-order valence-electron chi connectivity index (χ2n) is 7.81. The van der Waals surface area contributed by atoms with E-state index in [0.29, 0.717) is 23.1 Å². The number of anilines is 1. The summed E-state index contributed by atoms with van der Waals surface area (Å²) in [5.41, 5.74) is 2.51. The van der Waals surface area contributed by atoms with Gasteiger partial charge in [0.15, 0.2) is 6.29 Å². The molecule has 4 N–H and O–H groups in total. The number of urea groups is 1. The molecule has 0 radical (unpaired) electrons. The summed E-state index contributed by atoms with van der Waals surface area (Å²) in [5, 5.41) is 17.2. The maximum Gasteiger partial charge on any atom is 0.320 e. The lowest BCUT2D eigenvalue weighted by molar-refractivity contribution is -0.130.